The monoisotopic (exact) mass is 372 g/mol. The first-order valence-electron chi connectivity index (χ1n) is 7.82. The summed E-state index contributed by atoms with van der Waals surface area (Å²) >= 11 is 3.56. The molecular formula is C18H21BrN4. The fourth-order valence-corrected chi connectivity index (χ4v) is 3.09. The van der Waals surface area contributed by atoms with E-state index in [0.29, 0.717) is 6.54 Å². The molecule has 1 heterocycles. The molecule has 1 aromatic heterocycles. The van der Waals surface area contributed by atoms with Crippen molar-refractivity contribution in [3.63, 3.8) is 0 Å². The summed E-state index contributed by atoms with van der Waals surface area (Å²) in [6.07, 6.45) is 4.24. The van der Waals surface area contributed by atoms with Crippen molar-refractivity contribution in [3.05, 3.63) is 64.4 Å². The summed E-state index contributed by atoms with van der Waals surface area (Å²) in [5, 5.41) is 6.77. The maximum absolute atomic E-state index is 4.31. The SMILES string of the molecule is CN=C(NCc1ccccn1)NCC1(c2cccc(Br)c2)CC1. The Balaban J connectivity index is 1.56. The molecule has 120 valence electrons. The topological polar surface area (TPSA) is 49.3 Å². The van der Waals surface area contributed by atoms with Gasteiger partial charge in [-0.1, -0.05) is 34.1 Å². The van der Waals surface area contributed by atoms with Crippen molar-refractivity contribution < 1.29 is 0 Å². The molecule has 0 spiro atoms. The Labute approximate surface area is 145 Å². The zero-order chi connectivity index (χ0) is 16.1. The van der Waals surface area contributed by atoms with Crippen LogP contribution in [-0.4, -0.2) is 24.5 Å². The maximum atomic E-state index is 4.31. The highest BCUT2D eigenvalue weighted by atomic mass is 79.9. The summed E-state index contributed by atoms with van der Waals surface area (Å²) in [7, 11) is 1.80. The molecule has 0 saturated heterocycles. The first kappa shape index (κ1) is 16.0. The minimum atomic E-state index is 0.242. The Hall–Kier alpha value is -1.88. The lowest BCUT2D eigenvalue weighted by Crippen LogP contribution is -2.41. The number of hydrogen-bond acceptors (Lipinski definition) is 2. The van der Waals surface area contributed by atoms with Crippen molar-refractivity contribution >= 4 is 21.9 Å². The standard InChI is InChI=1S/C18H21BrN4/c1-20-17(22-12-16-7-2-3-10-21-16)23-13-18(8-9-18)14-5-4-6-15(19)11-14/h2-7,10-11H,8-9,12-13H2,1H3,(H2,20,22,23). The fraction of sp³-hybridized carbons (Fsp3) is 0.333. The quantitative estimate of drug-likeness (QED) is 0.625. The fourth-order valence-electron chi connectivity index (χ4n) is 2.69. The largest absolute Gasteiger partial charge is 0.356 e. The van der Waals surface area contributed by atoms with E-state index in [0.717, 1.165) is 22.7 Å². The second-order valence-corrected chi connectivity index (χ2v) is 6.81. The van der Waals surface area contributed by atoms with Crippen LogP contribution < -0.4 is 10.6 Å². The lowest BCUT2D eigenvalue weighted by atomic mass is 9.96. The number of nitrogens with one attached hydrogen (secondary N) is 2. The molecule has 5 heteroatoms. The van der Waals surface area contributed by atoms with Gasteiger partial charge < -0.3 is 10.6 Å². The Bertz CT molecular complexity index is 680. The molecule has 0 radical (unpaired) electrons. The first-order valence-corrected chi connectivity index (χ1v) is 8.62. The van der Waals surface area contributed by atoms with E-state index in [4.69, 9.17) is 0 Å². The average molecular weight is 373 g/mol. The molecule has 1 saturated carbocycles. The number of halogens is 1. The van der Waals surface area contributed by atoms with Gasteiger partial charge in [-0.3, -0.25) is 9.98 Å². The summed E-state index contributed by atoms with van der Waals surface area (Å²) in [5.74, 6) is 0.817. The molecule has 0 atom stereocenters. The molecule has 1 aliphatic rings. The highest BCUT2D eigenvalue weighted by Crippen LogP contribution is 2.48. The van der Waals surface area contributed by atoms with Crippen molar-refractivity contribution in [1.82, 2.24) is 15.6 Å². The summed E-state index contributed by atoms with van der Waals surface area (Å²) in [6.45, 7) is 1.57. The van der Waals surface area contributed by atoms with Gasteiger partial charge in [-0.25, -0.2) is 0 Å². The van der Waals surface area contributed by atoms with Crippen LogP contribution in [0, 0.1) is 0 Å². The third-order valence-corrected chi connectivity index (χ3v) is 4.76. The first-order chi connectivity index (χ1) is 11.2. The lowest BCUT2D eigenvalue weighted by Gasteiger charge is -2.19. The van der Waals surface area contributed by atoms with Crippen LogP contribution in [0.3, 0.4) is 0 Å². The zero-order valence-corrected chi connectivity index (χ0v) is 14.8. The van der Waals surface area contributed by atoms with Gasteiger partial charge in [0.15, 0.2) is 5.96 Å². The molecule has 2 N–H and O–H groups in total. The van der Waals surface area contributed by atoms with E-state index in [1.807, 2.05) is 18.2 Å². The van der Waals surface area contributed by atoms with E-state index >= 15 is 0 Å². The average Bonchev–Trinajstić information content (AvgIpc) is 3.37. The molecular weight excluding hydrogens is 352 g/mol. The normalized spacial score (nSPS) is 16.0. The van der Waals surface area contributed by atoms with Crippen LogP contribution in [0.5, 0.6) is 0 Å². The van der Waals surface area contributed by atoms with E-state index in [-0.39, 0.29) is 5.41 Å². The van der Waals surface area contributed by atoms with E-state index < -0.39 is 0 Å². The Morgan fingerprint density at radius 1 is 1.22 bits per heavy atom. The van der Waals surface area contributed by atoms with Gasteiger partial charge in [-0.2, -0.15) is 0 Å². The molecule has 0 aliphatic heterocycles. The Kier molecular flexibility index (Phi) is 4.96. The van der Waals surface area contributed by atoms with Crippen molar-refractivity contribution in [3.8, 4) is 0 Å². The number of aromatic nitrogens is 1. The smallest absolute Gasteiger partial charge is 0.191 e. The van der Waals surface area contributed by atoms with Crippen LogP contribution in [0.2, 0.25) is 0 Å². The summed E-state index contributed by atoms with van der Waals surface area (Å²) < 4.78 is 1.14. The number of pyridine rings is 1. The van der Waals surface area contributed by atoms with Gasteiger partial charge in [0, 0.05) is 29.7 Å². The van der Waals surface area contributed by atoms with Crippen molar-refractivity contribution in [2.75, 3.05) is 13.6 Å². The minimum absolute atomic E-state index is 0.242. The van der Waals surface area contributed by atoms with Gasteiger partial charge in [0.2, 0.25) is 0 Å². The third kappa shape index (κ3) is 4.10. The Morgan fingerprint density at radius 3 is 2.74 bits per heavy atom. The predicted octanol–water partition coefficient (Wildman–Crippen LogP) is 3.24. The number of guanidine groups is 1. The molecule has 1 aromatic carbocycles. The number of benzene rings is 1. The second kappa shape index (κ2) is 7.13. The van der Waals surface area contributed by atoms with E-state index in [1.165, 1.54) is 18.4 Å². The summed E-state index contributed by atoms with van der Waals surface area (Å²) in [6, 6.07) is 14.5. The number of hydrogen-bond donors (Lipinski definition) is 2. The molecule has 1 aliphatic carbocycles. The molecule has 0 bridgehead atoms. The zero-order valence-electron chi connectivity index (χ0n) is 13.2. The predicted molar refractivity (Wildman–Crippen MR) is 97.5 cm³/mol. The Morgan fingerprint density at radius 2 is 2.09 bits per heavy atom. The molecule has 0 amide bonds. The molecule has 23 heavy (non-hydrogen) atoms. The molecule has 3 rings (SSSR count). The summed E-state index contributed by atoms with van der Waals surface area (Å²) in [5.41, 5.74) is 2.63. The van der Waals surface area contributed by atoms with Crippen LogP contribution in [0.4, 0.5) is 0 Å². The van der Waals surface area contributed by atoms with Crippen molar-refractivity contribution in [1.29, 1.82) is 0 Å². The highest BCUT2D eigenvalue weighted by molar-refractivity contribution is 9.10. The molecule has 2 aromatic rings. The van der Waals surface area contributed by atoms with Crippen LogP contribution >= 0.6 is 15.9 Å². The maximum Gasteiger partial charge on any atom is 0.191 e. The second-order valence-electron chi connectivity index (χ2n) is 5.89. The van der Waals surface area contributed by atoms with E-state index in [9.17, 15) is 0 Å². The van der Waals surface area contributed by atoms with E-state index in [2.05, 4.69) is 60.8 Å². The number of aliphatic imine (C=N–C) groups is 1. The van der Waals surface area contributed by atoms with E-state index in [1.54, 1.807) is 13.2 Å². The van der Waals surface area contributed by atoms with Crippen LogP contribution in [0.1, 0.15) is 24.1 Å². The summed E-state index contributed by atoms with van der Waals surface area (Å²) in [4.78, 5) is 8.62. The van der Waals surface area contributed by atoms with Gasteiger partial charge in [0.25, 0.3) is 0 Å². The minimum Gasteiger partial charge on any atom is -0.356 e. The van der Waals surface area contributed by atoms with Gasteiger partial charge in [0.05, 0.1) is 12.2 Å². The number of nitrogens with zero attached hydrogens (tertiary/aromatic N) is 2. The van der Waals surface area contributed by atoms with Crippen LogP contribution in [0.25, 0.3) is 0 Å². The molecule has 0 unspecified atom stereocenters. The van der Waals surface area contributed by atoms with Crippen molar-refractivity contribution in [2.45, 2.75) is 24.8 Å². The molecule has 1 fully saturated rings. The number of rotatable bonds is 5. The van der Waals surface area contributed by atoms with Gasteiger partial charge in [0.1, 0.15) is 0 Å². The van der Waals surface area contributed by atoms with Gasteiger partial charge in [-0.15, -0.1) is 0 Å². The van der Waals surface area contributed by atoms with Gasteiger partial charge in [-0.05, 0) is 42.7 Å². The van der Waals surface area contributed by atoms with Crippen molar-refractivity contribution in [2.24, 2.45) is 4.99 Å². The molecule has 4 nitrogen and oxygen atoms in total. The highest BCUT2D eigenvalue weighted by Gasteiger charge is 2.44. The van der Waals surface area contributed by atoms with Crippen LogP contribution in [-0.2, 0) is 12.0 Å². The van der Waals surface area contributed by atoms with Crippen LogP contribution in [0.15, 0.2) is 58.1 Å². The lowest BCUT2D eigenvalue weighted by molar-refractivity contribution is 0.644. The third-order valence-electron chi connectivity index (χ3n) is 4.27. The van der Waals surface area contributed by atoms with Gasteiger partial charge >= 0.3 is 0 Å².